The van der Waals surface area contributed by atoms with Crippen molar-refractivity contribution in [1.29, 1.82) is 0 Å². The standard InChI is InChI=1S/C15H11F3N2O3S2/c1-9-3-2-4-10(7-9)20-25(21,22)14-6-5-12(24-14)11-8-13(19-23-11)15(16,17)18/h2-8,20H,1H3. The Morgan fingerprint density at radius 1 is 1.16 bits per heavy atom. The van der Waals surface area contributed by atoms with E-state index in [4.69, 9.17) is 0 Å². The van der Waals surface area contributed by atoms with Crippen LogP contribution in [-0.4, -0.2) is 13.6 Å². The van der Waals surface area contributed by atoms with Crippen molar-refractivity contribution in [3.8, 4) is 10.6 Å². The van der Waals surface area contributed by atoms with Gasteiger partial charge in [0.25, 0.3) is 10.0 Å². The Labute approximate surface area is 145 Å². The van der Waals surface area contributed by atoms with Gasteiger partial charge in [0.05, 0.1) is 4.88 Å². The number of nitrogens with one attached hydrogen (secondary N) is 1. The number of benzene rings is 1. The van der Waals surface area contributed by atoms with Crippen molar-refractivity contribution in [2.24, 2.45) is 0 Å². The minimum atomic E-state index is -4.62. The summed E-state index contributed by atoms with van der Waals surface area (Å²) in [6, 6.07) is 10.2. The number of nitrogens with zero attached hydrogens (tertiary/aromatic N) is 1. The maximum atomic E-state index is 12.6. The zero-order valence-corrected chi connectivity index (χ0v) is 14.3. The minimum absolute atomic E-state index is 0.0473. The maximum Gasteiger partial charge on any atom is 0.436 e. The number of anilines is 1. The molecule has 2 heterocycles. The molecule has 0 aliphatic carbocycles. The molecule has 0 amide bonds. The molecule has 0 saturated heterocycles. The maximum absolute atomic E-state index is 12.6. The van der Waals surface area contributed by atoms with Gasteiger partial charge in [0.15, 0.2) is 11.5 Å². The second-order valence-electron chi connectivity index (χ2n) is 5.17. The smallest absolute Gasteiger partial charge is 0.355 e. The highest BCUT2D eigenvalue weighted by atomic mass is 32.2. The van der Waals surface area contributed by atoms with Crippen molar-refractivity contribution in [1.82, 2.24) is 5.16 Å². The fourth-order valence-corrected chi connectivity index (χ4v) is 4.34. The molecule has 3 rings (SSSR count). The lowest BCUT2D eigenvalue weighted by molar-refractivity contribution is -0.142. The first-order valence-corrected chi connectivity index (χ1v) is 9.19. The fraction of sp³-hybridized carbons (Fsp3) is 0.133. The fourth-order valence-electron chi connectivity index (χ4n) is 2.04. The summed E-state index contributed by atoms with van der Waals surface area (Å²) in [4.78, 5) is 0.229. The van der Waals surface area contributed by atoms with Crippen LogP contribution in [0.1, 0.15) is 11.3 Å². The number of alkyl halides is 3. The number of hydrogen-bond acceptors (Lipinski definition) is 5. The Bertz CT molecular complexity index is 1010. The van der Waals surface area contributed by atoms with Crippen molar-refractivity contribution in [3.63, 3.8) is 0 Å². The molecule has 0 fully saturated rings. The molecule has 1 N–H and O–H groups in total. The van der Waals surface area contributed by atoms with Crippen molar-refractivity contribution < 1.29 is 26.1 Å². The summed E-state index contributed by atoms with van der Waals surface area (Å²) in [5.41, 5.74) is 0.112. The van der Waals surface area contributed by atoms with E-state index < -0.39 is 21.9 Å². The highest BCUT2D eigenvalue weighted by Crippen LogP contribution is 2.35. The first-order chi connectivity index (χ1) is 11.6. The van der Waals surface area contributed by atoms with Crippen LogP contribution in [0.15, 0.2) is 51.2 Å². The third-order valence-electron chi connectivity index (χ3n) is 3.16. The monoisotopic (exact) mass is 388 g/mol. The van der Waals surface area contributed by atoms with E-state index in [0.717, 1.165) is 23.0 Å². The molecular formula is C15H11F3N2O3S2. The van der Waals surface area contributed by atoms with E-state index >= 15 is 0 Å². The van der Waals surface area contributed by atoms with Gasteiger partial charge in [0, 0.05) is 11.8 Å². The van der Waals surface area contributed by atoms with Crippen LogP contribution < -0.4 is 4.72 Å². The van der Waals surface area contributed by atoms with Gasteiger partial charge in [-0.1, -0.05) is 17.3 Å². The van der Waals surface area contributed by atoms with E-state index in [1.165, 1.54) is 12.1 Å². The second kappa shape index (κ2) is 6.19. The molecule has 5 nitrogen and oxygen atoms in total. The minimum Gasteiger partial charge on any atom is -0.355 e. The van der Waals surface area contributed by atoms with Gasteiger partial charge in [-0.05, 0) is 36.8 Å². The molecule has 25 heavy (non-hydrogen) atoms. The predicted octanol–water partition coefficient (Wildman–Crippen LogP) is 4.53. The summed E-state index contributed by atoms with van der Waals surface area (Å²) in [5.74, 6) is -0.144. The number of aryl methyl sites for hydroxylation is 1. The van der Waals surface area contributed by atoms with Crippen LogP contribution in [-0.2, 0) is 16.2 Å². The molecule has 0 spiro atoms. The number of rotatable bonds is 4. The number of sulfonamides is 1. The zero-order chi connectivity index (χ0) is 18.2. The van der Waals surface area contributed by atoms with Gasteiger partial charge in [-0.2, -0.15) is 13.2 Å². The Morgan fingerprint density at radius 2 is 1.92 bits per heavy atom. The van der Waals surface area contributed by atoms with Gasteiger partial charge >= 0.3 is 6.18 Å². The Hall–Kier alpha value is -2.33. The largest absolute Gasteiger partial charge is 0.436 e. The van der Waals surface area contributed by atoms with Gasteiger partial charge in [-0.15, -0.1) is 11.3 Å². The average Bonchev–Trinajstić information content (AvgIpc) is 3.16. The highest BCUT2D eigenvalue weighted by molar-refractivity contribution is 7.94. The summed E-state index contributed by atoms with van der Waals surface area (Å²) < 4.78 is 69.5. The van der Waals surface area contributed by atoms with Gasteiger partial charge in [0.2, 0.25) is 0 Å². The van der Waals surface area contributed by atoms with Crippen LogP contribution in [0.4, 0.5) is 18.9 Å². The lowest BCUT2D eigenvalue weighted by Gasteiger charge is -2.06. The van der Waals surface area contributed by atoms with E-state index in [2.05, 4.69) is 14.4 Å². The lowest BCUT2D eigenvalue weighted by atomic mass is 10.2. The Kier molecular flexibility index (Phi) is 4.33. The van der Waals surface area contributed by atoms with E-state index in [9.17, 15) is 21.6 Å². The quantitative estimate of drug-likeness (QED) is 0.713. The third kappa shape index (κ3) is 3.85. The summed E-state index contributed by atoms with van der Waals surface area (Å²) in [5, 5.41) is 2.95. The molecule has 10 heteroatoms. The highest BCUT2D eigenvalue weighted by Gasteiger charge is 2.35. The number of thiophene rings is 1. The molecule has 0 radical (unpaired) electrons. The first kappa shape index (κ1) is 17.5. The molecule has 0 saturated carbocycles. The van der Waals surface area contributed by atoms with Gasteiger partial charge in [-0.25, -0.2) is 8.42 Å². The molecule has 0 unspecified atom stereocenters. The third-order valence-corrected chi connectivity index (χ3v) is 6.13. The lowest BCUT2D eigenvalue weighted by Crippen LogP contribution is -2.11. The first-order valence-electron chi connectivity index (χ1n) is 6.89. The van der Waals surface area contributed by atoms with Crippen LogP contribution in [0.25, 0.3) is 10.6 Å². The zero-order valence-electron chi connectivity index (χ0n) is 12.7. The van der Waals surface area contributed by atoms with Gasteiger partial charge < -0.3 is 4.52 Å². The molecule has 0 bridgehead atoms. The van der Waals surface area contributed by atoms with Crippen molar-refractivity contribution in [2.45, 2.75) is 17.3 Å². The van der Waals surface area contributed by atoms with E-state index in [-0.39, 0.29) is 14.8 Å². The molecule has 1 aromatic carbocycles. The molecule has 0 aliphatic heterocycles. The molecule has 0 aliphatic rings. The Morgan fingerprint density at radius 3 is 2.56 bits per heavy atom. The van der Waals surface area contributed by atoms with Crippen LogP contribution >= 0.6 is 11.3 Å². The van der Waals surface area contributed by atoms with Crippen molar-refractivity contribution >= 4 is 27.0 Å². The topological polar surface area (TPSA) is 72.2 Å². The van der Waals surface area contributed by atoms with E-state index in [0.29, 0.717) is 5.69 Å². The van der Waals surface area contributed by atoms with Crippen molar-refractivity contribution in [3.05, 3.63) is 53.7 Å². The van der Waals surface area contributed by atoms with Crippen LogP contribution in [0.2, 0.25) is 0 Å². The van der Waals surface area contributed by atoms with Gasteiger partial charge in [-0.3, -0.25) is 4.72 Å². The summed E-state index contributed by atoms with van der Waals surface area (Å²) in [6.45, 7) is 1.82. The molecule has 132 valence electrons. The van der Waals surface area contributed by atoms with Gasteiger partial charge in [0.1, 0.15) is 4.21 Å². The summed E-state index contributed by atoms with van der Waals surface area (Å²) >= 11 is 0.789. The molecular weight excluding hydrogens is 377 g/mol. The van der Waals surface area contributed by atoms with Crippen molar-refractivity contribution in [2.75, 3.05) is 4.72 Å². The number of hydrogen-bond donors (Lipinski definition) is 1. The molecule has 0 atom stereocenters. The van der Waals surface area contributed by atoms with Crippen LogP contribution in [0.5, 0.6) is 0 Å². The average molecular weight is 388 g/mol. The Balaban J connectivity index is 1.86. The number of aromatic nitrogens is 1. The second-order valence-corrected chi connectivity index (χ2v) is 8.16. The normalized spacial score (nSPS) is 12.3. The summed E-state index contributed by atoms with van der Waals surface area (Å²) in [7, 11) is -3.85. The molecule has 3 aromatic rings. The molecule has 2 aromatic heterocycles. The van der Waals surface area contributed by atoms with E-state index in [1.54, 1.807) is 18.2 Å². The van der Waals surface area contributed by atoms with Crippen LogP contribution in [0.3, 0.4) is 0 Å². The predicted molar refractivity (Wildman–Crippen MR) is 86.8 cm³/mol. The van der Waals surface area contributed by atoms with E-state index in [1.807, 2.05) is 13.0 Å². The SMILES string of the molecule is Cc1cccc(NS(=O)(=O)c2ccc(-c3cc(C(F)(F)F)no3)s2)c1. The summed E-state index contributed by atoms with van der Waals surface area (Å²) in [6.07, 6.45) is -4.62. The van der Waals surface area contributed by atoms with Crippen LogP contribution in [0, 0.1) is 6.92 Å². The number of halogens is 3.